The maximum atomic E-state index is 8.84. The largest absolute Gasteiger partial charge is 0.396 e. The van der Waals surface area contributed by atoms with E-state index in [0.717, 1.165) is 31.3 Å². The molecule has 0 amide bonds. The van der Waals surface area contributed by atoms with Crippen LogP contribution in [0.1, 0.15) is 32.1 Å². The van der Waals surface area contributed by atoms with Crippen LogP contribution in [0.4, 0.5) is 0 Å². The van der Waals surface area contributed by atoms with Crippen LogP contribution < -0.4 is 0 Å². The van der Waals surface area contributed by atoms with E-state index in [-0.39, 0.29) is 19.8 Å². The third-order valence-corrected chi connectivity index (χ3v) is 1.93. The third-order valence-electron chi connectivity index (χ3n) is 1.93. The minimum atomic E-state index is 0.0422. The van der Waals surface area contributed by atoms with Gasteiger partial charge in [0.25, 0.3) is 0 Å². The smallest absolute Gasteiger partial charge is 0.0642 e. The summed E-state index contributed by atoms with van der Waals surface area (Å²) < 4.78 is 0. The maximum Gasteiger partial charge on any atom is 0.0642 e. The molecule has 78 valence electrons. The zero-order valence-electron chi connectivity index (χ0n) is 8.08. The second kappa shape index (κ2) is 9.71. The van der Waals surface area contributed by atoms with Gasteiger partial charge in [0, 0.05) is 13.2 Å². The van der Waals surface area contributed by atoms with E-state index in [0.29, 0.717) is 6.42 Å². The molecule has 0 spiro atoms. The van der Waals surface area contributed by atoms with Crippen molar-refractivity contribution in [3.8, 4) is 0 Å². The van der Waals surface area contributed by atoms with E-state index < -0.39 is 0 Å². The molecule has 0 aliphatic rings. The molecule has 0 heterocycles. The molecule has 0 saturated heterocycles. The van der Waals surface area contributed by atoms with E-state index in [1.54, 1.807) is 0 Å². The van der Waals surface area contributed by atoms with Crippen LogP contribution in [0, 0.1) is 0 Å². The fourth-order valence-corrected chi connectivity index (χ4v) is 1.13. The Morgan fingerprint density at radius 2 is 1.69 bits per heavy atom. The molecule has 0 fully saturated rings. The Labute approximate surface area is 79.7 Å². The molecule has 0 rings (SSSR count). The minimum Gasteiger partial charge on any atom is -0.396 e. The Hall–Kier alpha value is -0.380. The lowest BCUT2D eigenvalue weighted by Gasteiger charge is -2.01. The summed E-state index contributed by atoms with van der Waals surface area (Å²) in [5.74, 6) is 0. The molecule has 0 aliphatic heterocycles. The van der Waals surface area contributed by atoms with Gasteiger partial charge in [-0.15, -0.1) is 0 Å². The summed E-state index contributed by atoms with van der Waals surface area (Å²) in [6.45, 7) is 0.400. The first-order valence-corrected chi connectivity index (χ1v) is 4.85. The van der Waals surface area contributed by atoms with Crippen molar-refractivity contribution in [2.75, 3.05) is 19.8 Å². The predicted octanol–water partition coefficient (Wildman–Crippen LogP) is 0.840. The molecule has 0 aromatic heterocycles. The number of aliphatic hydroxyl groups is 3. The zero-order valence-corrected chi connectivity index (χ0v) is 8.08. The molecular formula is C10H20O3. The first-order valence-electron chi connectivity index (χ1n) is 4.85. The van der Waals surface area contributed by atoms with Crippen molar-refractivity contribution in [1.82, 2.24) is 0 Å². The van der Waals surface area contributed by atoms with E-state index in [4.69, 9.17) is 15.3 Å². The lowest BCUT2D eigenvalue weighted by molar-refractivity contribution is 0.277. The molecule has 0 saturated carbocycles. The Bertz CT molecular complexity index is 132. The highest BCUT2D eigenvalue weighted by molar-refractivity contribution is 5.01. The number of unbranched alkanes of at least 4 members (excludes halogenated alkanes) is 3. The molecule has 0 aromatic rings. The van der Waals surface area contributed by atoms with Gasteiger partial charge in [-0.1, -0.05) is 12.5 Å². The van der Waals surface area contributed by atoms with E-state index in [1.165, 1.54) is 0 Å². The quantitative estimate of drug-likeness (QED) is 0.391. The van der Waals surface area contributed by atoms with Gasteiger partial charge in [-0.3, -0.25) is 0 Å². The van der Waals surface area contributed by atoms with Crippen LogP contribution in [0.2, 0.25) is 0 Å². The monoisotopic (exact) mass is 188 g/mol. The molecule has 0 bridgehead atoms. The van der Waals surface area contributed by atoms with Crippen molar-refractivity contribution in [2.24, 2.45) is 0 Å². The van der Waals surface area contributed by atoms with Gasteiger partial charge in [0.05, 0.1) is 6.61 Å². The molecule has 0 aromatic carbocycles. The number of hydrogen-bond acceptors (Lipinski definition) is 3. The van der Waals surface area contributed by atoms with Crippen LogP contribution in [0.25, 0.3) is 0 Å². The Morgan fingerprint density at radius 3 is 2.23 bits per heavy atom. The summed E-state index contributed by atoms with van der Waals surface area (Å²) >= 11 is 0. The number of hydrogen-bond donors (Lipinski definition) is 3. The predicted molar refractivity (Wildman–Crippen MR) is 52.4 cm³/mol. The lowest BCUT2D eigenvalue weighted by Crippen LogP contribution is -1.94. The van der Waals surface area contributed by atoms with Gasteiger partial charge in [-0.2, -0.15) is 0 Å². The normalized spacial score (nSPS) is 12.1. The van der Waals surface area contributed by atoms with Crippen LogP contribution >= 0.6 is 0 Å². The number of allylic oxidation sites excluding steroid dienone is 1. The molecule has 3 N–H and O–H groups in total. The molecule has 13 heavy (non-hydrogen) atoms. The van der Waals surface area contributed by atoms with Gasteiger partial charge in [0.15, 0.2) is 0 Å². The SMILES string of the molecule is OCCCCC/C=C(/CO)CCO. The second-order valence-electron chi connectivity index (χ2n) is 3.07. The number of rotatable bonds is 8. The van der Waals surface area contributed by atoms with Gasteiger partial charge in [-0.05, 0) is 31.3 Å². The van der Waals surface area contributed by atoms with Crippen molar-refractivity contribution in [3.05, 3.63) is 11.6 Å². The first kappa shape index (κ1) is 12.6. The van der Waals surface area contributed by atoms with Crippen LogP contribution in [0.3, 0.4) is 0 Å². The highest BCUT2D eigenvalue weighted by Crippen LogP contribution is 2.05. The van der Waals surface area contributed by atoms with E-state index >= 15 is 0 Å². The van der Waals surface area contributed by atoms with Crippen molar-refractivity contribution in [1.29, 1.82) is 0 Å². The highest BCUT2D eigenvalue weighted by atomic mass is 16.3. The second-order valence-corrected chi connectivity index (χ2v) is 3.07. The summed E-state index contributed by atoms with van der Waals surface area (Å²) in [6, 6.07) is 0. The molecule has 0 atom stereocenters. The highest BCUT2D eigenvalue weighted by Gasteiger charge is 1.93. The minimum absolute atomic E-state index is 0.0422. The average molecular weight is 188 g/mol. The summed E-state index contributed by atoms with van der Waals surface area (Å²) in [6.07, 6.45) is 6.38. The Balaban J connectivity index is 3.42. The topological polar surface area (TPSA) is 60.7 Å². The Kier molecular flexibility index (Phi) is 9.42. The molecule has 3 nitrogen and oxygen atoms in total. The van der Waals surface area contributed by atoms with Crippen LogP contribution in [-0.2, 0) is 0 Å². The first-order chi connectivity index (χ1) is 6.35. The molecular weight excluding hydrogens is 168 g/mol. The third kappa shape index (κ3) is 7.96. The van der Waals surface area contributed by atoms with Crippen molar-refractivity contribution in [3.63, 3.8) is 0 Å². The standard InChI is InChI=1S/C10H20O3/c11-7-4-2-1-3-5-10(9-13)6-8-12/h5,11-13H,1-4,6-9H2/b10-5+. The van der Waals surface area contributed by atoms with Crippen molar-refractivity contribution >= 4 is 0 Å². The number of aliphatic hydroxyl groups excluding tert-OH is 3. The van der Waals surface area contributed by atoms with Gasteiger partial charge in [-0.25, -0.2) is 0 Å². The summed E-state index contributed by atoms with van der Waals surface area (Å²) in [5.41, 5.74) is 0.909. The summed E-state index contributed by atoms with van der Waals surface area (Å²) in [5, 5.41) is 26.0. The molecule has 0 aliphatic carbocycles. The van der Waals surface area contributed by atoms with Crippen LogP contribution in [0.15, 0.2) is 11.6 Å². The Morgan fingerprint density at radius 1 is 0.923 bits per heavy atom. The van der Waals surface area contributed by atoms with Crippen LogP contribution in [-0.4, -0.2) is 35.1 Å². The van der Waals surface area contributed by atoms with Gasteiger partial charge < -0.3 is 15.3 Å². The van der Waals surface area contributed by atoms with Gasteiger partial charge in [0.2, 0.25) is 0 Å². The molecule has 0 radical (unpaired) electrons. The van der Waals surface area contributed by atoms with Crippen molar-refractivity contribution < 1.29 is 15.3 Å². The molecule has 0 unspecified atom stereocenters. The van der Waals surface area contributed by atoms with E-state index in [9.17, 15) is 0 Å². The van der Waals surface area contributed by atoms with E-state index in [1.807, 2.05) is 6.08 Å². The van der Waals surface area contributed by atoms with Gasteiger partial charge in [0.1, 0.15) is 0 Å². The van der Waals surface area contributed by atoms with Crippen LogP contribution in [0.5, 0.6) is 0 Å². The summed E-state index contributed by atoms with van der Waals surface area (Å²) in [4.78, 5) is 0. The van der Waals surface area contributed by atoms with Gasteiger partial charge >= 0.3 is 0 Å². The lowest BCUT2D eigenvalue weighted by atomic mass is 10.1. The zero-order chi connectivity index (χ0) is 9.94. The van der Waals surface area contributed by atoms with E-state index in [2.05, 4.69) is 0 Å². The fourth-order valence-electron chi connectivity index (χ4n) is 1.13. The average Bonchev–Trinajstić information content (AvgIpc) is 2.16. The maximum absolute atomic E-state index is 8.84. The van der Waals surface area contributed by atoms with Crippen molar-refractivity contribution in [2.45, 2.75) is 32.1 Å². The molecule has 3 heteroatoms. The fraction of sp³-hybridized carbons (Fsp3) is 0.800. The summed E-state index contributed by atoms with van der Waals surface area (Å²) in [7, 11) is 0.